The van der Waals surface area contributed by atoms with Gasteiger partial charge in [-0.05, 0) is 37.3 Å². The maximum atomic E-state index is 13.1. The molecule has 1 amide bonds. The summed E-state index contributed by atoms with van der Waals surface area (Å²) < 4.78 is 9.55. The van der Waals surface area contributed by atoms with Crippen molar-refractivity contribution in [2.24, 2.45) is 7.05 Å². The van der Waals surface area contributed by atoms with Crippen molar-refractivity contribution >= 4 is 29.0 Å². The third kappa shape index (κ3) is 4.39. The molecule has 1 saturated heterocycles. The number of likely N-dealkylation sites (tertiary alicyclic amines) is 1. The Kier molecular flexibility index (Phi) is 6.02. The molecule has 2 aliphatic heterocycles. The lowest BCUT2D eigenvalue weighted by Gasteiger charge is -2.43. The number of piperidine rings is 1. The fourth-order valence-electron chi connectivity index (χ4n) is 4.96. The molecule has 1 N–H and O–H groups in total. The monoisotopic (exact) mass is 494 g/mol. The quantitative estimate of drug-likeness (QED) is 0.599. The number of carbonyl (C=O) groups excluding carboxylic acids is 2. The highest BCUT2D eigenvalue weighted by atomic mass is 35.5. The largest absolute Gasteiger partial charge is 0.486 e. The topological polar surface area (TPSA) is 85.6 Å². The number of ether oxygens (including phenoxy) is 1. The van der Waals surface area contributed by atoms with Crippen LogP contribution in [0.5, 0.6) is 5.75 Å². The van der Waals surface area contributed by atoms with E-state index in [1.807, 2.05) is 42.2 Å². The number of hydrogen-bond donors (Lipinski definition) is 1. The zero-order valence-corrected chi connectivity index (χ0v) is 20.5. The van der Waals surface area contributed by atoms with E-state index in [4.69, 9.17) is 16.3 Å². The first-order valence-corrected chi connectivity index (χ1v) is 12.0. The van der Waals surface area contributed by atoms with Gasteiger partial charge in [0.15, 0.2) is 5.78 Å². The van der Waals surface area contributed by atoms with E-state index in [2.05, 4.69) is 5.32 Å². The lowest BCUT2D eigenvalue weighted by Crippen LogP contribution is -2.52. The van der Waals surface area contributed by atoms with Gasteiger partial charge in [0.05, 0.1) is 29.9 Å². The van der Waals surface area contributed by atoms with Crippen molar-refractivity contribution in [1.29, 1.82) is 0 Å². The van der Waals surface area contributed by atoms with E-state index in [1.165, 1.54) is 4.68 Å². The van der Waals surface area contributed by atoms with Crippen molar-refractivity contribution < 1.29 is 14.3 Å². The van der Waals surface area contributed by atoms with Gasteiger partial charge in [-0.3, -0.25) is 24.0 Å². The van der Waals surface area contributed by atoms with Crippen LogP contribution in [-0.4, -0.2) is 51.2 Å². The minimum Gasteiger partial charge on any atom is -0.486 e. The first-order valence-electron chi connectivity index (χ1n) is 11.6. The maximum absolute atomic E-state index is 13.1. The molecule has 2 aliphatic rings. The van der Waals surface area contributed by atoms with Crippen molar-refractivity contribution in [3.8, 4) is 11.4 Å². The molecule has 0 unspecified atom stereocenters. The van der Waals surface area contributed by atoms with Crippen molar-refractivity contribution in [3.05, 3.63) is 75.2 Å². The smallest absolute Gasteiger partial charge is 0.295 e. The SMILES string of the molecule is Cc1c(NC(=O)CN2CCC3(CC2)CC(=O)c2cc(Cl)ccc2O3)c(=O)n(-c2ccccc2)n1C. The summed E-state index contributed by atoms with van der Waals surface area (Å²) >= 11 is 6.03. The number of nitrogens with zero attached hydrogens (tertiary/aromatic N) is 3. The number of ketones is 1. The highest BCUT2D eigenvalue weighted by Crippen LogP contribution is 2.40. The van der Waals surface area contributed by atoms with Gasteiger partial charge in [0.2, 0.25) is 5.91 Å². The Bertz CT molecular complexity index is 1350. The van der Waals surface area contributed by atoms with E-state index in [0.717, 1.165) is 5.69 Å². The lowest BCUT2D eigenvalue weighted by molar-refractivity contribution is -0.118. The van der Waals surface area contributed by atoms with Gasteiger partial charge in [0.25, 0.3) is 5.56 Å². The summed E-state index contributed by atoms with van der Waals surface area (Å²) in [5.74, 6) is 0.368. The molecule has 8 nitrogen and oxygen atoms in total. The normalized spacial score (nSPS) is 17.2. The number of para-hydroxylation sites is 1. The molecule has 3 aromatic rings. The van der Waals surface area contributed by atoms with Crippen molar-refractivity contribution in [3.63, 3.8) is 0 Å². The number of fused-ring (bicyclic) bond motifs is 1. The van der Waals surface area contributed by atoms with E-state index in [-0.39, 0.29) is 29.5 Å². The van der Waals surface area contributed by atoms with E-state index in [0.29, 0.717) is 54.4 Å². The Labute approximate surface area is 208 Å². The van der Waals surface area contributed by atoms with Gasteiger partial charge in [-0.2, -0.15) is 0 Å². The molecule has 5 rings (SSSR count). The van der Waals surface area contributed by atoms with Gasteiger partial charge in [-0.25, -0.2) is 4.68 Å². The number of nitrogens with one attached hydrogen (secondary N) is 1. The molecule has 1 fully saturated rings. The average Bonchev–Trinajstić information content (AvgIpc) is 3.05. The van der Waals surface area contributed by atoms with Crippen molar-refractivity contribution in [1.82, 2.24) is 14.3 Å². The summed E-state index contributed by atoms with van der Waals surface area (Å²) in [6.45, 7) is 3.20. The predicted octanol–water partition coefficient (Wildman–Crippen LogP) is 3.58. The molecular weight excluding hydrogens is 468 g/mol. The van der Waals surface area contributed by atoms with Gasteiger partial charge in [0, 0.05) is 38.0 Å². The van der Waals surface area contributed by atoms with Crippen molar-refractivity contribution in [2.75, 3.05) is 25.0 Å². The Hall–Kier alpha value is -3.36. The van der Waals surface area contributed by atoms with Crippen LogP contribution >= 0.6 is 11.6 Å². The fraction of sp³-hybridized carbons (Fsp3) is 0.346. The predicted molar refractivity (Wildman–Crippen MR) is 134 cm³/mol. The number of halogens is 1. The molecular formula is C26H27ClN4O4. The Morgan fingerprint density at radius 3 is 2.54 bits per heavy atom. The lowest BCUT2D eigenvalue weighted by atomic mass is 9.82. The molecule has 0 aliphatic carbocycles. The second kappa shape index (κ2) is 9.02. The Balaban J connectivity index is 1.23. The molecule has 35 heavy (non-hydrogen) atoms. The van der Waals surface area contributed by atoms with E-state index < -0.39 is 5.60 Å². The van der Waals surface area contributed by atoms with Crippen molar-refractivity contribution in [2.45, 2.75) is 31.8 Å². The maximum Gasteiger partial charge on any atom is 0.295 e. The number of carbonyl (C=O) groups is 2. The molecule has 0 atom stereocenters. The number of benzene rings is 2. The summed E-state index contributed by atoms with van der Waals surface area (Å²) in [5.41, 5.74) is 1.41. The molecule has 0 radical (unpaired) electrons. The first kappa shape index (κ1) is 23.4. The number of Topliss-reactive ketones (excluding diaryl/α,β-unsaturated/α-hetero) is 1. The Morgan fingerprint density at radius 2 is 1.83 bits per heavy atom. The summed E-state index contributed by atoms with van der Waals surface area (Å²) in [6.07, 6.45) is 1.58. The number of amides is 1. The molecule has 2 aromatic carbocycles. The van der Waals surface area contributed by atoms with Gasteiger partial charge in [-0.1, -0.05) is 29.8 Å². The minimum atomic E-state index is -0.551. The zero-order chi connectivity index (χ0) is 24.7. The average molecular weight is 495 g/mol. The van der Waals surface area contributed by atoms with Crippen LogP contribution in [0.25, 0.3) is 5.69 Å². The fourth-order valence-corrected chi connectivity index (χ4v) is 5.13. The van der Waals surface area contributed by atoms with Crippen LogP contribution < -0.4 is 15.6 Å². The summed E-state index contributed by atoms with van der Waals surface area (Å²) in [5, 5.41) is 3.34. The number of hydrogen-bond acceptors (Lipinski definition) is 5. The van der Waals surface area contributed by atoms with Gasteiger partial charge in [-0.15, -0.1) is 0 Å². The summed E-state index contributed by atoms with van der Waals surface area (Å²) in [7, 11) is 1.79. The van der Waals surface area contributed by atoms with Crippen LogP contribution in [0.2, 0.25) is 5.02 Å². The van der Waals surface area contributed by atoms with E-state index in [1.54, 1.807) is 29.9 Å². The van der Waals surface area contributed by atoms with Gasteiger partial charge >= 0.3 is 0 Å². The third-order valence-electron chi connectivity index (χ3n) is 7.00. The Morgan fingerprint density at radius 1 is 1.11 bits per heavy atom. The summed E-state index contributed by atoms with van der Waals surface area (Å²) in [4.78, 5) is 40.6. The summed E-state index contributed by atoms with van der Waals surface area (Å²) in [6, 6.07) is 14.4. The molecule has 3 heterocycles. The molecule has 0 bridgehead atoms. The minimum absolute atomic E-state index is 0.0363. The molecule has 9 heteroatoms. The van der Waals surface area contributed by atoms with Crippen LogP contribution in [0, 0.1) is 6.92 Å². The highest BCUT2D eigenvalue weighted by molar-refractivity contribution is 6.31. The number of aromatic nitrogens is 2. The zero-order valence-electron chi connectivity index (χ0n) is 19.7. The third-order valence-corrected chi connectivity index (χ3v) is 7.24. The van der Waals surface area contributed by atoms with E-state index in [9.17, 15) is 14.4 Å². The van der Waals surface area contributed by atoms with Crippen LogP contribution in [0.15, 0.2) is 53.3 Å². The molecule has 0 saturated carbocycles. The number of rotatable bonds is 4. The van der Waals surface area contributed by atoms with E-state index >= 15 is 0 Å². The van der Waals surface area contributed by atoms with Crippen LogP contribution in [0.3, 0.4) is 0 Å². The molecule has 1 aromatic heterocycles. The first-order chi connectivity index (χ1) is 16.8. The van der Waals surface area contributed by atoms with Crippen LogP contribution in [-0.2, 0) is 11.8 Å². The second-order valence-corrected chi connectivity index (χ2v) is 9.72. The highest BCUT2D eigenvalue weighted by Gasteiger charge is 2.43. The standard InChI is InChI=1S/C26H27ClN4O4/c1-17-24(25(34)31(29(17)2)19-6-4-3-5-7-19)28-23(33)16-30-12-10-26(11-13-30)15-21(32)20-14-18(27)8-9-22(20)35-26/h3-9,14H,10-13,15-16H2,1-2H3,(H,28,33). The van der Waals surface area contributed by atoms with Crippen LogP contribution in [0.4, 0.5) is 5.69 Å². The molecule has 182 valence electrons. The number of anilines is 1. The van der Waals surface area contributed by atoms with Gasteiger partial charge in [0.1, 0.15) is 17.0 Å². The van der Waals surface area contributed by atoms with Gasteiger partial charge < -0.3 is 10.1 Å². The van der Waals surface area contributed by atoms with Crippen LogP contribution in [0.1, 0.15) is 35.3 Å². The molecule has 1 spiro atoms. The second-order valence-electron chi connectivity index (χ2n) is 9.29.